The monoisotopic (exact) mass is 217 g/mol. The van der Waals surface area contributed by atoms with Crippen molar-refractivity contribution in [1.29, 1.82) is 0 Å². The standard InChI is InChI=1S/C9H19N3O3/c1-4-10-9(14)12-7(2)8(13)11-5-6-15-3/h7H,4-6H2,1-3H3,(H,11,13)(H2,10,12,14). The SMILES string of the molecule is CCNC(=O)NC(C)C(=O)NCCOC. The van der Waals surface area contributed by atoms with E-state index >= 15 is 0 Å². The molecule has 0 aliphatic heterocycles. The first-order chi connectivity index (χ1) is 7.11. The van der Waals surface area contributed by atoms with E-state index in [0.717, 1.165) is 0 Å². The average Bonchev–Trinajstić information content (AvgIpc) is 2.18. The second-order valence-electron chi connectivity index (χ2n) is 3.01. The van der Waals surface area contributed by atoms with Crippen LogP contribution in [-0.4, -0.2) is 44.8 Å². The Morgan fingerprint density at radius 2 is 2.00 bits per heavy atom. The van der Waals surface area contributed by atoms with Gasteiger partial charge in [0.2, 0.25) is 5.91 Å². The van der Waals surface area contributed by atoms with E-state index in [1.165, 1.54) is 0 Å². The van der Waals surface area contributed by atoms with Crippen LogP contribution in [0.4, 0.5) is 4.79 Å². The van der Waals surface area contributed by atoms with Crippen molar-refractivity contribution < 1.29 is 14.3 Å². The Morgan fingerprint density at radius 3 is 2.53 bits per heavy atom. The highest BCUT2D eigenvalue weighted by Gasteiger charge is 2.13. The minimum absolute atomic E-state index is 0.224. The van der Waals surface area contributed by atoms with Crippen LogP contribution in [0.25, 0.3) is 0 Å². The maximum absolute atomic E-state index is 11.3. The number of carbonyl (C=O) groups excluding carboxylic acids is 2. The third-order valence-corrected chi connectivity index (χ3v) is 1.68. The summed E-state index contributed by atoms with van der Waals surface area (Å²) in [4.78, 5) is 22.4. The second-order valence-corrected chi connectivity index (χ2v) is 3.01. The summed E-state index contributed by atoms with van der Waals surface area (Å²) in [6.07, 6.45) is 0. The molecule has 0 saturated carbocycles. The quantitative estimate of drug-likeness (QED) is 0.523. The van der Waals surface area contributed by atoms with Gasteiger partial charge >= 0.3 is 6.03 Å². The van der Waals surface area contributed by atoms with E-state index < -0.39 is 6.04 Å². The summed E-state index contributed by atoms with van der Waals surface area (Å²) in [5.41, 5.74) is 0. The number of urea groups is 1. The zero-order valence-electron chi connectivity index (χ0n) is 9.42. The number of methoxy groups -OCH3 is 1. The van der Waals surface area contributed by atoms with Gasteiger partial charge in [-0.3, -0.25) is 4.79 Å². The Kier molecular flexibility index (Phi) is 7.35. The summed E-state index contributed by atoms with van der Waals surface area (Å²) in [7, 11) is 1.56. The van der Waals surface area contributed by atoms with Gasteiger partial charge in [0.1, 0.15) is 6.04 Å². The lowest BCUT2D eigenvalue weighted by molar-refractivity contribution is -0.122. The smallest absolute Gasteiger partial charge is 0.315 e. The summed E-state index contributed by atoms with van der Waals surface area (Å²) < 4.78 is 4.78. The van der Waals surface area contributed by atoms with Crippen LogP contribution in [0.3, 0.4) is 0 Å². The van der Waals surface area contributed by atoms with Crippen LogP contribution in [0.2, 0.25) is 0 Å². The number of nitrogens with one attached hydrogen (secondary N) is 3. The first-order valence-corrected chi connectivity index (χ1v) is 4.92. The normalized spacial score (nSPS) is 11.7. The van der Waals surface area contributed by atoms with Gasteiger partial charge in [0.15, 0.2) is 0 Å². The highest BCUT2D eigenvalue weighted by molar-refractivity contribution is 5.86. The highest BCUT2D eigenvalue weighted by atomic mass is 16.5. The van der Waals surface area contributed by atoms with Gasteiger partial charge in [-0.2, -0.15) is 0 Å². The first-order valence-electron chi connectivity index (χ1n) is 4.92. The average molecular weight is 217 g/mol. The van der Waals surface area contributed by atoms with Crippen LogP contribution in [0, 0.1) is 0 Å². The number of hydrogen-bond donors (Lipinski definition) is 3. The number of rotatable bonds is 6. The maximum Gasteiger partial charge on any atom is 0.315 e. The Labute approximate surface area is 89.7 Å². The van der Waals surface area contributed by atoms with E-state index in [1.807, 2.05) is 6.92 Å². The van der Waals surface area contributed by atoms with Crippen molar-refractivity contribution in [2.24, 2.45) is 0 Å². The number of carbonyl (C=O) groups is 2. The summed E-state index contributed by atoms with van der Waals surface area (Å²) in [5.74, 6) is -0.224. The predicted octanol–water partition coefficient (Wildman–Crippen LogP) is -0.543. The van der Waals surface area contributed by atoms with Gasteiger partial charge in [-0.1, -0.05) is 0 Å². The zero-order chi connectivity index (χ0) is 11.7. The molecule has 0 radical (unpaired) electrons. The largest absolute Gasteiger partial charge is 0.383 e. The molecule has 1 unspecified atom stereocenters. The van der Waals surface area contributed by atoms with Gasteiger partial charge in [-0.25, -0.2) is 4.79 Å². The molecule has 0 aromatic rings. The minimum atomic E-state index is -0.548. The fourth-order valence-electron chi connectivity index (χ4n) is 0.903. The molecule has 0 aliphatic carbocycles. The van der Waals surface area contributed by atoms with Crippen LogP contribution >= 0.6 is 0 Å². The Hall–Kier alpha value is -1.30. The molecule has 3 amide bonds. The fraction of sp³-hybridized carbons (Fsp3) is 0.778. The molecule has 0 rings (SSSR count). The third-order valence-electron chi connectivity index (χ3n) is 1.68. The van der Waals surface area contributed by atoms with Crippen molar-refractivity contribution >= 4 is 11.9 Å². The molecule has 1 atom stereocenters. The number of hydrogen-bond acceptors (Lipinski definition) is 3. The summed E-state index contributed by atoms with van der Waals surface area (Å²) in [6, 6.07) is -0.889. The van der Waals surface area contributed by atoms with Crippen molar-refractivity contribution in [3.63, 3.8) is 0 Å². The van der Waals surface area contributed by atoms with Crippen molar-refractivity contribution in [1.82, 2.24) is 16.0 Å². The van der Waals surface area contributed by atoms with Gasteiger partial charge < -0.3 is 20.7 Å². The van der Waals surface area contributed by atoms with Crippen LogP contribution < -0.4 is 16.0 Å². The van der Waals surface area contributed by atoms with Gasteiger partial charge in [0.05, 0.1) is 6.61 Å². The maximum atomic E-state index is 11.3. The fourth-order valence-corrected chi connectivity index (χ4v) is 0.903. The van der Waals surface area contributed by atoms with Gasteiger partial charge in [0, 0.05) is 20.2 Å². The van der Waals surface area contributed by atoms with Crippen LogP contribution in [0.15, 0.2) is 0 Å². The Bertz CT molecular complexity index is 209. The molecular formula is C9H19N3O3. The molecule has 6 heteroatoms. The predicted molar refractivity (Wildman–Crippen MR) is 56.6 cm³/mol. The molecule has 0 aromatic heterocycles. The topological polar surface area (TPSA) is 79.5 Å². The lowest BCUT2D eigenvalue weighted by Crippen LogP contribution is -2.48. The van der Waals surface area contributed by atoms with Crippen molar-refractivity contribution in [3.8, 4) is 0 Å². The molecule has 0 aromatic carbocycles. The first kappa shape index (κ1) is 13.7. The molecule has 0 fully saturated rings. The number of ether oxygens (including phenoxy) is 1. The zero-order valence-corrected chi connectivity index (χ0v) is 9.42. The lowest BCUT2D eigenvalue weighted by Gasteiger charge is -2.13. The molecule has 15 heavy (non-hydrogen) atoms. The summed E-state index contributed by atoms with van der Waals surface area (Å²) >= 11 is 0. The van der Waals surface area contributed by atoms with Crippen LogP contribution in [0.1, 0.15) is 13.8 Å². The molecule has 0 bridgehead atoms. The molecule has 3 N–H and O–H groups in total. The highest BCUT2D eigenvalue weighted by Crippen LogP contribution is 1.81. The molecule has 0 aliphatic rings. The molecular weight excluding hydrogens is 198 g/mol. The van der Waals surface area contributed by atoms with E-state index in [1.54, 1.807) is 14.0 Å². The van der Waals surface area contributed by atoms with Gasteiger partial charge in [-0.15, -0.1) is 0 Å². The molecule has 88 valence electrons. The van der Waals surface area contributed by atoms with Crippen LogP contribution in [-0.2, 0) is 9.53 Å². The minimum Gasteiger partial charge on any atom is -0.383 e. The molecule has 0 spiro atoms. The van der Waals surface area contributed by atoms with Crippen LogP contribution in [0.5, 0.6) is 0 Å². The summed E-state index contributed by atoms with van der Waals surface area (Å²) in [6.45, 7) is 4.86. The Morgan fingerprint density at radius 1 is 1.33 bits per heavy atom. The Balaban J connectivity index is 3.73. The van der Waals surface area contributed by atoms with Crippen molar-refractivity contribution in [2.75, 3.05) is 26.8 Å². The van der Waals surface area contributed by atoms with Gasteiger partial charge in [-0.05, 0) is 13.8 Å². The van der Waals surface area contributed by atoms with E-state index in [-0.39, 0.29) is 11.9 Å². The lowest BCUT2D eigenvalue weighted by atomic mass is 10.3. The van der Waals surface area contributed by atoms with Crippen molar-refractivity contribution in [2.45, 2.75) is 19.9 Å². The van der Waals surface area contributed by atoms with Gasteiger partial charge in [0.25, 0.3) is 0 Å². The molecule has 0 saturated heterocycles. The van der Waals surface area contributed by atoms with E-state index in [4.69, 9.17) is 4.74 Å². The number of amides is 3. The van der Waals surface area contributed by atoms with E-state index in [0.29, 0.717) is 19.7 Å². The van der Waals surface area contributed by atoms with E-state index in [2.05, 4.69) is 16.0 Å². The molecule has 6 nitrogen and oxygen atoms in total. The van der Waals surface area contributed by atoms with Crippen molar-refractivity contribution in [3.05, 3.63) is 0 Å². The van der Waals surface area contributed by atoms with E-state index in [9.17, 15) is 9.59 Å². The second kappa shape index (κ2) is 8.05. The third kappa shape index (κ3) is 6.73. The summed E-state index contributed by atoms with van der Waals surface area (Å²) in [5, 5.41) is 7.67. The molecule has 0 heterocycles.